The van der Waals surface area contributed by atoms with Gasteiger partial charge in [0, 0.05) is 6.54 Å². The van der Waals surface area contributed by atoms with Crippen molar-refractivity contribution in [2.24, 2.45) is 5.92 Å². The van der Waals surface area contributed by atoms with Crippen molar-refractivity contribution in [2.75, 3.05) is 12.3 Å². The Hall–Kier alpha value is -0.910. The molecule has 1 fully saturated rings. The van der Waals surface area contributed by atoms with Gasteiger partial charge in [0.15, 0.2) is 0 Å². The van der Waals surface area contributed by atoms with Gasteiger partial charge in [0.1, 0.15) is 5.60 Å². The second-order valence-corrected chi connectivity index (χ2v) is 7.48. The summed E-state index contributed by atoms with van der Waals surface area (Å²) in [6.07, 6.45) is 3.37. The highest BCUT2D eigenvalue weighted by atomic mass is 32.2. The predicted octanol–water partition coefficient (Wildman–Crippen LogP) is 2.00. The zero-order valence-corrected chi connectivity index (χ0v) is 12.7. The lowest BCUT2D eigenvalue weighted by Gasteiger charge is -2.29. The molecule has 1 atom stereocenters. The van der Waals surface area contributed by atoms with Crippen LogP contribution in [0.15, 0.2) is 30.3 Å². The minimum Gasteiger partial charge on any atom is -0.383 e. The van der Waals surface area contributed by atoms with Gasteiger partial charge in [-0.3, -0.25) is 0 Å². The topological polar surface area (TPSA) is 66.4 Å². The van der Waals surface area contributed by atoms with Crippen LogP contribution >= 0.6 is 0 Å². The van der Waals surface area contributed by atoms with Crippen LogP contribution in [0, 0.1) is 5.92 Å². The zero-order valence-electron chi connectivity index (χ0n) is 11.9. The first-order valence-corrected chi connectivity index (χ1v) is 8.88. The average Bonchev–Trinajstić information content (AvgIpc) is 3.29. The van der Waals surface area contributed by atoms with E-state index >= 15 is 0 Å². The number of sulfonamides is 1. The Bertz CT molecular complexity index is 525. The van der Waals surface area contributed by atoms with E-state index in [0.29, 0.717) is 6.42 Å². The summed E-state index contributed by atoms with van der Waals surface area (Å²) in [5, 5.41) is 10.9. The third kappa shape index (κ3) is 3.81. The molecule has 1 aromatic rings. The molecule has 0 aliphatic heterocycles. The number of unbranched alkanes of at least 4 members (excludes halogenated alkanes) is 1. The predicted molar refractivity (Wildman–Crippen MR) is 79.8 cm³/mol. The smallest absolute Gasteiger partial charge is 0.211 e. The van der Waals surface area contributed by atoms with Gasteiger partial charge >= 0.3 is 0 Å². The van der Waals surface area contributed by atoms with Crippen molar-refractivity contribution < 1.29 is 13.5 Å². The fourth-order valence-corrected chi connectivity index (χ4v) is 3.65. The molecule has 4 nitrogen and oxygen atoms in total. The van der Waals surface area contributed by atoms with Gasteiger partial charge in [0.05, 0.1) is 5.75 Å². The van der Waals surface area contributed by atoms with Gasteiger partial charge in [0.2, 0.25) is 10.0 Å². The minimum atomic E-state index is -3.30. The molecule has 1 saturated carbocycles. The largest absolute Gasteiger partial charge is 0.383 e. The molecule has 1 aliphatic carbocycles. The van der Waals surface area contributed by atoms with E-state index in [1.165, 1.54) is 0 Å². The maximum atomic E-state index is 11.9. The van der Waals surface area contributed by atoms with Crippen LogP contribution in [0.1, 0.15) is 38.2 Å². The summed E-state index contributed by atoms with van der Waals surface area (Å²) in [6, 6.07) is 9.35. The summed E-state index contributed by atoms with van der Waals surface area (Å²) in [7, 11) is -3.30. The molecule has 1 aliphatic rings. The maximum Gasteiger partial charge on any atom is 0.211 e. The molecule has 5 heteroatoms. The van der Waals surface area contributed by atoms with E-state index in [4.69, 9.17) is 0 Å². The van der Waals surface area contributed by atoms with Crippen molar-refractivity contribution in [3.63, 3.8) is 0 Å². The lowest BCUT2D eigenvalue weighted by molar-refractivity contribution is 0.0185. The fraction of sp³-hybridized carbons (Fsp3) is 0.600. The average molecular weight is 297 g/mol. The number of aliphatic hydroxyl groups is 1. The Balaban J connectivity index is 2.07. The van der Waals surface area contributed by atoms with Crippen molar-refractivity contribution in [3.05, 3.63) is 35.9 Å². The molecule has 2 rings (SSSR count). The zero-order chi connectivity index (χ0) is 14.6. The Morgan fingerprint density at radius 1 is 1.30 bits per heavy atom. The van der Waals surface area contributed by atoms with Crippen molar-refractivity contribution in [3.8, 4) is 0 Å². The van der Waals surface area contributed by atoms with E-state index in [-0.39, 0.29) is 18.2 Å². The summed E-state index contributed by atoms with van der Waals surface area (Å²) in [6.45, 7) is 2.02. The van der Waals surface area contributed by atoms with Gasteiger partial charge in [-0.1, -0.05) is 43.7 Å². The van der Waals surface area contributed by atoms with Crippen LogP contribution < -0.4 is 4.72 Å². The standard InChI is InChI=1S/C15H23NO3S/c1-2-3-11-20(18,19)16-12-15(17,14-9-10-14)13-7-5-4-6-8-13/h4-8,14,16-17H,2-3,9-12H2,1H3/t15-/m1/s1. The molecule has 0 saturated heterocycles. The second kappa shape index (κ2) is 6.24. The number of nitrogens with one attached hydrogen (secondary N) is 1. The molecule has 2 N–H and O–H groups in total. The number of rotatable bonds is 8. The molecular formula is C15H23NO3S. The van der Waals surface area contributed by atoms with Crippen LogP contribution in [0.3, 0.4) is 0 Å². The van der Waals surface area contributed by atoms with Crippen molar-refractivity contribution in [1.82, 2.24) is 4.72 Å². The highest BCUT2D eigenvalue weighted by Gasteiger charge is 2.45. The molecule has 0 radical (unpaired) electrons. The summed E-state index contributed by atoms with van der Waals surface area (Å²) < 4.78 is 26.4. The number of hydrogen-bond donors (Lipinski definition) is 2. The van der Waals surface area contributed by atoms with E-state index in [1.54, 1.807) is 0 Å². The summed E-state index contributed by atoms with van der Waals surface area (Å²) in [5.74, 6) is 0.276. The summed E-state index contributed by atoms with van der Waals surface area (Å²) >= 11 is 0. The van der Waals surface area contributed by atoms with Crippen LogP contribution in [0.2, 0.25) is 0 Å². The Labute approximate surface area is 121 Å². The van der Waals surface area contributed by atoms with Crippen LogP contribution in [-0.4, -0.2) is 25.8 Å². The molecule has 0 unspecified atom stereocenters. The Morgan fingerprint density at radius 2 is 1.95 bits per heavy atom. The molecule has 0 aromatic heterocycles. The molecule has 0 spiro atoms. The fourth-order valence-electron chi connectivity index (χ4n) is 2.40. The van der Waals surface area contributed by atoms with Gasteiger partial charge in [-0.05, 0) is 30.7 Å². The highest BCUT2D eigenvalue weighted by Crippen LogP contribution is 2.45. The van der Waals surface area contributed by atoms with E-state index in [0.717, 1.165) is 24.8 Å². The van der Waals surface area contributed by atoms with E-state index in [2.05, 4.69) is 4.72 Å². The number of benzene rings is 1. The van der Waals surface area contributed by atoms with Crippen LogP contribution in [0.5, 0.6) is 0 Å². The lowest BCUT2D eigenvalue weighted by atomic mass is 9.89. The maximum absolute atomic E-state index is 11.9. The molecule has 1 aromatic carbocycles. The highest BCUT2D eigenvalue weighted by molar-refractivity contribution is 7.89. The van der Waals surface area contributed by atoms with E-state index in [9.17, 15) is 13.5 Å². The molecule has 0 bridgehead atoms. The third-order valence-corrected chi connectivity index (χ3v) is 5.26. The second-order valence-electron chi connectivity index (χ2n) is 5.56. The van der Waals surface area contributed by atoms with Crippen molar-refractivity contribution in [2.45, 2.75) is 38.2 Å². The first kappa shape index (κ1) is 15.5. The summed E-state index contributed by atoms with van der Waals surface area (Å²) in [4.78, 5) is 0. The first-order valence-electron chi connectivity index (χ1n) is 7.23. The molecule has 0 amide bonds. The van der Waals surface area contributed by atoms with Crippen LogP contribution in [0.25, 0.3) is 0 Å². The van der Waals surface area contributed by atoms with Crippen LogP contribution in [0.4, 0.5) is 0 Å². The summed E-state index contributed by atoms with van der Waals surface area (Å²) in [5.41, 5.74) is -0.290. The van der Waals surface area contributed by atoms with Gasteiger partial charge in [-0.25, -0.2) is 13.1 Å². The van der Waals surface area contributed by atoms with Gasteiger partial charge in [0.25, 0.3) is 0 Å². The number of hydrogen-bond acceptors (Lipinski definition) is 3. The molecule has 112 valence electrons. The monoisotopic (exact) mass is 297 g/mol. The van der Waals surface area contributed by atoms with Crippen molar-refractivity contribution in [1.29, 1.82) is 0 Å². The quantitative estimate of drug-likeness (QED) is 0.771. The molecule has 0 heterocycles. The lowest BCUT2D eigenvalue weighted by Crippen LogP contribution is -2.43. The Kier molecular flexibility index (Phi) is 4.83. The SMILES string of the molecule is CCCCS(=O)(=O)NC[C@@](O)(c1ccccc1)C1CC1. The van der Waals surface area contributed by atoms with Crippen LogP contribution in [-0.2, 0) is 15.6 Å². The van der Waals surface area contributed by atoms with Crippen molar-refractivity contribution >= 4 is 10.0 Å². The molecule has 20 heavy (non-hydrogen) atoms. The Morgan fingerprint density at radius 3 is 2.50 bits per heavy atom. The van der Waals surface area contributed by atoms with E-state index < -0.39 is 15.6 Å². The van der Waals surface area contributed by atoms with E-state index in [1.807, 2.05) is 37.3 Å². The third-order valence-electron chi connectivity index (χ3n) is 3.85. The van der Waals surface area contributed by atoms with Gasteiger partial charge < -0.3 is 5.11 Å². The minimum absolute atomic E-state index is 0.0632. The normalized spacial score (nSPS) is 18.7. The molecular weight excluding hydrogens is 274 g/mol. The van der Waals surface area contributed by atoms with Gasteiger partial charge in [-0.15, -0.1) is 0 Å². The van der Waals surface area contributed by atoms with Gasteiger partial charge in [-0.2, -0.15) is 0 Å². The first-order chi connectivity index (χ1) is 9.48.